The third kappa shape index (κ3) is 5.10. The third-order valence-electron chi connectivity index (χ3n) is 3.05. The second kappa shape index (κ2) is 9.00. The maximum Gasteiger partial charge on any atom is 0.260 e. The number of carbonyl (C=O) groups is 2. The fraction of sp³-hybridized carbons (Fsp3) is 0.500. The second-order valence-electron chi connectivity index (χ2n) is 4.52. The Hall–Kier alpha value is -2.04. The maximum atomic E-state index is 11.9. The van der Waals surface area contributed by atoms with E-state index in [1.54, 1.807) is 23.1 Å². The standard InChI is InChI=1S/C16H23NO4/c1-4-9-20-14-8-7-13(11-18)15(10-14)21-12-16(19)17(5-2)6-3/h7-8,10-11H,4-6,9,12H2,1-3H3. The highest BCUT2D eigenvalue weighted by atomic mass is 16.5. The first kappa shape index (κ1) is 17.0. The molecule has 5 nitrogen and oxygen atoms in total. The van der Waals surface area contributed by atoms with Crippen molar-refractivity contribution >= 4 is 12.2 Å². The number of hydrogen-bond donors (Lipinski definition) is 0. The van der Waals surface area contributed by atoms with Crippen molar-refractivity contribution < 1.29 is 19.1 Å². The van der Waals surface area contributed by atoms with Crippen LogP contribution in [0.5, 0.6) is 11.5 Å². The Morgan fingerprint density at radius 3 is 2.48 bits per heavy atom. The summed E-state index contributed by atoms with van der Waals surface area (Å²) in [6.07, 6.45) is 1.60. The molecule has 0 unspecified atom stereocenters. The van der Waals surface area contributed by atoms with Crippen molar-refractivity contribution in [2.75, 3.05) is 26.3 Å². The van der Waals surface area contributed by atoms with E-state index in [4.69, 9.17) is 9.47 Å². The lowest BCUT2D eigenvalue weighted by atomic mass is 10.2. The van der Waals surface area contributed by atoms with Gasteiger partial charge in [0.1, 0.15) is 11.5 Å². The normalized spacial score (nSPS) is 10.0. The molecule has 1 aromatic rings. The van der Waals surface area contributed by atoms with Crippen LogP contribution < -0.4 is 9.47 Å². The number of benzene rings is 1. The van der Waals surface area contributed by atoms with Gasteiger partial charge in [-0.1, -0.05) is 6.92 Å². The first-order valence-electron chi connectivity index (χ1n) is 7.28. The lowest BCUT2D eigenvalue weighted by Gasteiger charge is -2.19. The second-order valence-corrected chi connectivity index (χ2v) is 4.52. The molecule has 1 aromatic carbocycles. The average molecular weight is 293 g/mol. The molecule has 0 fully saturated rings. The Morgan fingerprint density at radius 1 is 1.19 bits per heavy atom. The van der Waals surface area contributed by atoms with Crippen LogP contribution in [0.25, 0.3) is 0 Å². The Kier molecular flexibility index (Phi) is 7.29. The summed E-state index contributed by atoms with van der Waals surface area (Å²) in [4.78, 5) is 24.6. The molecule has 0 N–H and O–H groups in total. The number of ether oxygens (including phenoxy) is 2. The van der Waals surface area contributed by atoms with Crippen LogP contribution in [-0.4, -0.2) is 43.4 Å². The van der Waals surface area contributed by atoms with Crippen molar-refractivity contribution in [2.45, 2.75) is 27.2 Å². The molecule has 0 atom stereocenters. The number of amides is 1. The van der Waals surface area contributed by atoms with Gasteiger partial charge in [0.2, 0.25) is 0 Å². The molecule has 0 radical (unpaired) electrons. The summed E-state index contributed by atoms with van der Waals surface area (Å²) in [5.74, 6) is 0.906. The first-order valence-corrected chi connectivity index (χ1v) is 7.28. The van der Waals surface area contributed by atoms with E-state index in [0.29, 0.717) is 43.0 Å². The van der Waals surface area contributed by atoms with Crippen LogP contribution in [0.4, 0.5) is 0 Å². The van der Waals surface area contributed by atoms with Crippen LogP contribution in [0, 0.1) is 0 Å². The molecule has 0 saturated carbocycles. The highest BCUT2D eigenvalue weighted by Gasteiger charge is 2.12. The molecule has 0 aliphatic rings. The monoisotopic (exact) mass is 293 g/mol. The van der Waals surface area contributed by atoms with Gasteiger partial charge in [-0.25, -0.2) is 0 Å². The van der Waals surface area contributed by atoms with Gasteiger partial charge in [0.05, 0.1) is 12.2 Å². The zero-order valence-electron chi connectivity index (χ0n) is 12.9. The van der Waals surface area contributed by atoms with E-state index in [2.05, 4.69) is 0 Å². The number of hydrogen-bond acceptors (Lipinski definition) is 4. The summed E-state index contributed by atoms with van der Waals surface area (Å²) in [6, 6.07) is 5.00. The van der Waals surface area contributed by atoms with Gasteiger partial charge in [0, 0.05) is 19.2 Å². The molecule has 0 aliphatic heterocycles. The summed E-state index contributed by atoms with van der Waals surface area (Å²) >= 11 is 0. The van der Waals surface area contributed by atoms with Gasteiger partial charge in [0.25, 0.3) is 5.91 Å². The zero-order chi connectivity index (χ0) is 15.7. The van der Waals surface area contributed by atoms with Crippen LogP contribution >= 0.6 is 0 Å². The van der Waals surface area contributed by atoms with E-state index in [0.717, 1.165) is 6.42 Å². The molecule has 0 aromatic heterocycles. The van der Waals surface area contributed by atoms with Crippen molar-refractivity contribution in [1.29, 1.82) is 0 Å². The summed E-state index contributed by atoms with van der Waals surface area (Å²) < 4.78 is 11.0. The molecule has 1 amide bonds. The van der Waals surface area contributed by atoms with Crippen molar-refractivity contribution in [3.63, 3.8) is 0 Å². The van der Waals surface area contributed by atoms with Crippen LogP contribution in [0.3, 0.4) is 0 Å². The topological polar surface area (TPSA) is 55.8 Å². The highest BCUT2D eigenvalue weighted by molar-refractivity contribution is 5.81. The number of likely N-dealkylation sites (N-methyl/N-ethyl adjacent to an activating group) is 1. The predicted octanol–water partition coefficient (Wildman–Crippen LogP) is 2.54. The van der Waals surface area contributed by atoms with Crippen molar-refractivity contribution in [2.24, 2.45) is 0 Å². The van der Waals surface area contributed by atoms with Gasteiger partial charge >= 0.3 is 0 Å². The molecule has 1 rings (SSSR count). The van der Waals surface area contributed by atoms with E-state index < -0.39 is 0 Å². The molecular formula is C16H23NO4. The summed E-state index contributed by atoms with van der Waals surface area (Å²) in [7, 11) is 0. The Balaban J connectivity index is 2.75. The minimum atomic E-state index is -0.100. The van der Waals surface area contributed by atoms with Crippen LogP contribution in [0.1, 0.15) is 37.6 Å². The fourth-order valence-electron chi connectivity index (χ4n) is 1.85. The molecule has 0 aliphatic carbocycles. The number of aldehydes is 1. The Morgan fingerprint density at radius 2 is 1.90 bits per heavy atom. The first-order chi connectivity index (χ1) is 10.2. The van der Waals surface area contributed by atoms with E-state index >= 15 is 0 Å². The summed E-state index contributed by atoms with van der Waals surface area (Å²) in [6.45, 7) is 7.63. The molecule has 21 heavy (non-hydrogen) atoms. The third-order valence-corrected chi connectivity index (χ3v) is 3.05. The Labute approximate surface area is 125 Å². The van der Waals surface area contributed by atoms with E-state index in [9.17, 15) is 9.59 Å². The van der Waals surface area contributed by atoms with Crippen LogP contribution in [0.2, 0.25) is 0 Å². The molecule has 116 valence electrons. The maximum absolute atomic E-state index is 11.9. The summed E-state index contributed by atoms with van der Waals surface area (Å²) in [5, 5.41) is 0. The summed E-state index contributed by atoms with van der Waals surface area (Å²) in [5.41, 5.74) is 0.409. The van der Waals surface area contributed by atoms with Crippen LogP contribution in [-0.2, 0) is 4.79 Å². The fourth-order valence-corrected chi connectivity index (χ4v) is 1.85. The highest BCUT2D eigenvalue weighted by Crippen LogP contribution is 2.24. The largest absolute Gasteiger partial charge is 0.493 e. The van der Waals surface area contributed by atoms with Gasteiger partial charge in [0.15, 0.2) is 12.9 Å². The quantitative estimate of drug-likeness (QED) is 0.657. The van der Waals surface area contributed by atoms with Gasteiger partial charge < -0.3 is 14.4 Å². The van der Waals surface area contributed by atoms with Gasteiger partial charge in [-0.05, 0) is 32.4 Å². The van der Waals surface area contributed by atoms with Crippen molar-refractivity contribution in [1.82, 2.24) is 4.90 Å². The minimum absolute atomic E-state index is 0.0836. The smallest absolute Gasteiger partial charge is 0.260 e. The number of carbonyl (C=O) groups excluding carboxylic acids is 2. The SMILES string of the molecule is CCCOc1ccc(C=O)c(OCC(=O)N(CC)CC)c1. The molecule has 0 saturated heterocycles. The van der Waals surface area contributed by atoms with Crippen LogP contribution in [0.15, 0.2) is 18.2 Å². The Bertz CT molecular complexity index is 469. The lowest BCUT2D eigenvalue weighted by Crippen LogP contribution is -2.34. The van der Waals surface area contributed by atoms with E-state index in [1.165, 1.54) is 0 Å². The van der Waals surface area contributed by atoms with Crippen molar-refractivity contribution in [3.8, 4) is 11.5 Å². The predicted molar refractivity (Wildman–Crippen MR) is 81.0 cm³/mol. The van der Waals surface area contributed by atoms with E-state index in [-0.39, 0.29) is 12.5 Å². The number of nitrogens with zero attached hydrogens (tertiary/aromatic N) is 1. The molecule has 0 heterocycles. The van der Waals surface area contributed by atoms with Gasteiger partial charge in [-0.15, -0.1) is 0 Å². The molecular weight excluding hydrogens is 270 g/mol. The average Bonchev–Trinajstić information content (AvgIpc) is 2.52. The van der Waals surface area contributed by atoms with E-state index in [1.807, 2.05) is 20.8 Å². The molecule has 0 bridgehead atoms. The zero-order valence-corrected chi connectivity index (χ0v) is 12.9. The minimum Gasteiger partial charge on any atom is -0.493 e. The van der Waals surface area contributed by atoms with Gasteiger partial charge in [-0.3, -0.25) is 9.59 Å². The molecule has 0 spiro atoms. The lowest BCUT2D eigenvalue weighted by molar-refractivity contribution is -0.132. The van der Waals surface area contributed by atoms with Crippen molar-refractivity contribution in [3.05, 3.63) is 23.8 Å². The van der Waals surface area contributed by atoms with Gasteiger partial charge in [-0.2, -0.15) is 0 Å². The number of rotatable bonds is 9. The molecule has 5 heteroatoms.